The number of aliphatic hydroxyl groups excluding tert-OH is 1. The van der Waals surface area contributed by atoms with Crippen LogP contribution in [0.4, 0.5) is 0 Å². The molecule has 104 valence electrons. The molecule has 1 aliphatic heterocycles. The molecule has 0 bridgehead atoms. The third-order valence-electron chi connectivity index (χ3n) is 3.32. The summed E-state index contributed by atoms with van der Waals surface area (Å²) in [4.78, 5) is 13.8. The van der Waals surface area contributed by atoms with Crippen LogP contribution in [0.5, 0.6) is 5.75 Å². The van der Waals surface area contributed by atoms with Crippen LogP contribution in [0.25, 0.3) is 0 Å². The number of aliphatic hydroxyl groups is 1. The molecular formula is C15H21NO3. The summed E-state index contributed by atoms with van der Waals surface area (Å²) in [7, 11) is 0. The van der Waals surface area contributed by atoms with Crippen molar-refractivity contribution in [3.63, 3.8) is 0 Å². The SMILES string of the molecule is CCCCOc1ccc(C(=O)N2CC[C@@H](O)C2)cc1. The van der Waals surface area contributed by atoms with E-state index in [0.717, 1.165) is 18.6 Å². The number of nitrogens with zero attached hydrogens (tertiary/aromatic N) is 1. The minimum Gasteiger partial charge on any atom is -0.494 e. The van der Waals surface area contributed by atoms with Crippen molar-refractivity contribution >= 4 is 5.91 Å². The third kappa shape index (κ3) is 3.70. The predicted octanol–water partition coefficient (Wildman–Crippen LogP) is 2.07. The summed E-state index contributed by atoms with van der Waals surface area (Å²) in [6.07, 6.45) is 2.44. The van der Waals surface area contributed by atoms with E-state index in [1.54, 1.807) is 17.0 Å². The Kier molecular flexibility index (Phi) is 4.80. The molecule has 1 heterocycles. The molecule has 1 aromatic rings. The number of amides is 1. The topological polar surface area (TPSA) is 49.8 Å². The minimum atomic E-state index is -0.374. The van der Waals surface area contributed by atoms with Crippen molar-refractivity contribution in [1.29, 1.82) is 0 Å². The summed E-state index contributed by atoms with van der Waals surface area (Å²) < 4.78 is 5.56. The molecule has 1 aliphatic rings. The lowest BCUT2D eigenvalue weighted by atomic mass is 10.2. The zero-order valence-corrected chi connectivity index (χ0v) is 11.3. The average molecular weight is 263 g/mol. The maximum absolute atomic E-state index is 12.1. The second-order valence-corrected chi connectivity index (χ2v) is 4.92. The van der Waals surface area contributed by atoms with E-state index in [0.29, 0.717) is 31.7 Å². The van der Waals surface area contributed by atoms with Crippen molar-refractivity contribution in [2.75, 3.05) is 19.7 Å². The van der Waals surface area contributed by atoms with Crippen molar-refractivity contribution < 1.29 is 14.6 Å². The lowest BCUT2D eigenvalue weighted by Gasteiger charge is -2.15. The molecule has 0 radical (unpaired) electrons. The lowest BCUT2D eigenvalue weighted by Crippen LogP contribution is -2.29. The van der Waals surface area contributed by atoms with Gasteiger partial charge in [-0.15, -0.1) is 0 Å². The van der Waals surface area contributed by atoms with Gasteiger partial charge in [-0.3, -0.25) is 4.79 Å². The Balaban J connectivity index is 1.92. The molecule has 4 heteroatoms. The van der Waals surface area contributed by atoms with Gasteiger partial charge in [0.25, 0.3) is 5.91 Å². The molecule has 1 fully saturated rings. The number of likely N-dealkylation sites (tertiary alicyclic amines) is 1. The minimum absolute atomic E-state index is 0.0170. The number of carbonyl (C=O) groups is 1. The number of unbranched alkanes of at least 4 members (excludes halogenated alkanes) is 1. The molecule has 0 unspecified atom stereocenters. The van der Waals surface area contributed by atoms with E-state index in [1.165, 1.54) is 0 Å². The van der Waals surface area contributed by atoms with E-state index < -0.39 is 0 Å². The number of hydrogen-bond acceptors (Lipinski definition) is 3. The second kappa shape index (κ2) is 6.57. The first-order valence-electron chi connectivity index (χ1n) is 6.91. The van der Waals surface area contributed by atoms with Gasteiger partial charge in [0, 0.05) is 18.7 Å². The van der Waals surface area contributed by atoms with Gasteiger partial charge in [0.05, 0.1) is 12.7 Å². The summed E-state index contributed by atoms with van der Waals surface area (Å²) in [5.41, 5.74) is 0.650. The summed E-state index contributed by atoms with van der Waals surface area (Å²) in [5, 5.41) is 9.45. The largest absolute Gasteiger partial charge is 0.494 e. The normalized spacial score (nSPS) is 18.6. The Bertz CT molecular complexity index is 416. The molecule has 0 aromatic heterocycles. The Morgan fingerprint density at radius 1 is 1.42 bits per heavy atom. The van der Waals surface area contributed by atoms with Crippen LogP contribution in [0.2, 0.25) is 0 Å². The fourth-order valence-electron chi connectivity index (χ4n) is 2.14. The Morgan fingerprint density at radius 2 is 2.16 bits per heavy atom. The highest BCUT2D eigenvalue weighted by Crippen LogP contribution is 2.17. The monoisotopic (exact) mass is 263 g/mol. The maximum atomic E-state index is 12.1. The molecule has 1 aromatic carbocycles. The van der Waals surface area contributed by atoms with Gasteiger partial charge in [0.1, 0.15) is 5.75 Å². The molecule has 0 spiro atoms. The highest BCUT2D eigenvalue weighted by molar-refractivity contribution is 5.94. The Morgan fingerprint density at radius 3 is 2.74 bits per heavy atom. The molecule has 0 saturated carbocycles. The zero-order chi connectivity index (χ0) is 13.7. The van der Waals surface area contributed by atoms with Crippen LogP contribution in [0.1, 0.15) is 36.5 Å². The zero-order valence-electron chi connectivity index (χ0n) is 11.3. The third-order valence-corrected chi connectivity index (χ3v) is 3.32. The standard InChI is InChI=1S/C15H21NO3/c1-2-3-10-19-14-6-4-12(5-7-14)15(18)16-9-8-13(17)11-16/h4-7,13,17H,2-3,8-11H2,1H3/t13-/m1/s1. The Hall–Kier alpha value is -1.55. The highest BCUT2D eigenvalue weighted by atomic mass is 16.5. The molecule has 1 saturated heterocycles. The molecule has 1 N–H and O–H groups in total. The van der Waals surface area contributed by atoms with Crippen LogP contribution in [-0.2, 0) is 0 Å². The van der Waals surface area contributed by atoms with Gasteiger partial charge in [0.2, 0.25) is 0 Å². The van der Waals surface area contributed by atoms with Gasteiger partial charge >= 0.3 is 0 Å². The number of carbonyl (C=O) groups excluding carboxylic acids is 1. The summed E-state index contributed by atoms with van der Waals surface area (Å²) in [6, 6.07) is 7.23. The number of ether oxygens (including phenoxy) is 1. The van der Waals surface area contributed by atoms with Crippen LogP contribution in [0.15, 0.2) is 24.3 Å². The molecule has 4 nitrogen and oxygen atoms in total. The molecular weight excluding hydrogens is 242 g/mol. The van der Waals surface area contributed by atoms with Gasteiger partial charge in [-0.25, -0.2) is 0 Å². The first-order chi connectivity index (χ1) is 9.20. The van der Waals surface area contributed by atoms with Gasteiger partial charge in [-0.05, 0) is 37.1 Å². The molecule has 2 rings (SSSR count). The fourth-order valence-corrected chi connectivity index (χ4v) is 2.14. The number of benzene rings is 1. The second-order valence-electron chi connectivity index (χ2n) is 4.92. The van der Waals surface area contributed by atoms with Gasteiger partial charge in [-0.1, -0.05) is 13.3 Å². The first kappa shape index (κ1) is 13.9. The summed E-state index contributed by atoms with van der Waals surface area (Å²) >= 11 is 0. The van der Waals surface area contributed by atoms with Crippen molar-refractivity contribution in [3.8, 4) is 5.75 Å². The van der Waals surface area contributed by atoms with E-state index in [1.807, 2.05) is 12.1 Å². The van der Waals surface area contributed by atoms with Crippen molar-refractivity contribution in [2.45, 2.75) is 32.3 Å². The molecule has 0 aliphatic carbocycles. The lowest BCUT2D eigenvalue weighted by molar-refractivity contribution is 0.0765. The van der Waals surface area contributed by atoms with Crippen LogP contribution in [0, 0.1) is 0 Å². The van der Waals surface area contributed by atoms with Crippen molar-refractivity contribution in [1.82, 2.24) is 4.90 Å². The number of rotatable bonds is 5. The number of hydrogen-bond donors (Lipinski definition) is 1. The van der Waals surface area contributed by atoms with E-state index in [-0.39, 0.29) is 12.0 Å². The first-order valence-corrected chi connectivity index (χ1v) is 6.91. The van der Waals surface area contributed by atoms with Crippen LogP contribution in [-0.4, -0.2) is 41.7 Å². The van der Waals surface area contributed by atoms with E-state index >= 15 is 0 Å². The van der Waals surface area contributed by atoms with Crippen LogP contribution in [0.3, 0.4) is 0 Å². The fraction of sp³-hybridized carbons (Fsp3) is 0.533. The Labute approximate surface area is 114 Å². The van der Waals surface area contributed by atoms with E-state index in [9.17, 15) is 9.90 Å². The smallest absolute Gasteiger partial charge is 0.253 e. The predicted molar refractivity (Wildman–Crippen MR) is 73.4 cm³/mol. The molecule has 1 atom stereocenters. The highest BCUT2D eigenvalue weighted by Gasteiger charge is 2.25. The molecule has 19 heavy (non-hydrogen) atoms. The van der Waals surface area contributed by atoms with E-state index in [2.05, 4.69) is 6.92 Å². The van der Waals surface area contributed by atoms with Crippen LogP contribution >= 0.6 is 0 Å². The average Bonchev–Trinajstić information content (AvgIpc) is 2.86. The van der Waals surface area contributed by atoms with Crippen LogP contribution < -0.4 is 4.74 Å². The van der Waals surface area contributed by atoms with Gasteiger partial charge < -0.3 is 14.7 Å². The number of β-amino-alcohol motifs (C(OH)–C–C–N with tert-alkyl or cyclic N) is 1. The van der Waals surface area contributed by atoms with Gasteiger partial charge in [0.15, 0.2) is 0 Å². The summed E-state index contributed by atoms with van der Waals surface area (Å²) in [6.45, 7) is 3.90. The van der Waals surface area contributed by atoms with Crippen molar-refractivity contribution in [2.24, 2.45) is 0 Å². The summed E-state index contributed by atoms with van der Waals surface area (Å²) in [5.74, 6) is 0.781. The van der Waals surface area contributed by atoms with Gasteiger partial charge in [-0.2, -0.15) is 0 Å². The van der Waals surface area contributed by atoms with E-state index in [4.69, 9.17) is 4.74 Å². The maximum Gasteiger partial charge on any atom is 0.253 e. The quantitative estimate of drug-likeness (QED) is 0.827. The molecule has 1 amide bonds. The van der Waals surface area contributed by atoms with Crippen molar-refractivity contribution in [3.05, 3.63) is 29.8 Å².